The molecule has 1 unspecified atom stereocenters. The summed E-state index contributed by atoms with van der Waals surface area (Å²) in [6, 6.07) is 6.85. The quantitative estimate of drug-likeness (QED) is 0.293. The van der Waals surface area contributed by atoms with Crippen LogP contribution >= 0.6 is 0 Å². The van der Waals surface area contributed by atoms with Gasteiger partial charge in [0.25, 0.3) is 6.36 Å². The van der Waals surface area contributed by atoms with Crippen LogP contribution in [-0.4, -0.2) is 84.0 Å². The molecule has 0 aliphatic carbocycles. The number of anilines is 1. The summed E-state index contributed by atoms with van der Waals surface area (Å²) in [5, 5.41) is 0. The summed E-state index contributed by atoms with van der Waals surface area (Å²) in [7, 11) is 4.22. The van der Waals surface area contributed by atoms with Gasteiger partial charge >= 0.3 is 0 Å². The van der Waals surface area contributed by atoms with Crippen molar-refractivity contribution in [2.45, 2.75) is 71.2 Å². The fourth-order valence-electron chi connectivity index (χ4n) is 6.05. The third-order valence-corrected chi connectivity index (χ3v) is 8.40. The monoisotopic (exact) mass is 596 g/mol. The number of nitrogens with zero attached hydrogens (tertiary/aromatic N) is 6. The Balaban J connectivity index is 1.37. The molecule has 10 heteroatoms. The lowest BCUT2D eigenvalue weighted by atomic mass is 9.85. The lowest BCUT2D eigenvalue weighted by Gasteiger charge is -2.36. The second kappa shape index (κ2) is 13.2. The molecule has 0 amide bonds. The standard InChI is InChI=1S/C33H43F3N6O/c1-20(2)31-25(22-9-11-41(12-10-22)14-13-40(5)6)8-7-24(38-31)17-30-37-18-27(35)32(39-30)23-15-26(34)33-28(16-23)42(21(3)4)19-29(36)43-33/h7-8,15-16,18,20-22,29H,9-14,17,19H2,1-6H3. The molecule has 1 saturated heterocycles. The van der Waals surface area contributed by atoms with E-state index < -0.39 is 18.0 Å². The van der Waals surface area contributed by atoms with Crippen LogP contribution in [0.5, 0.6) is 5.75 Å². The lowest BCUT2D eigenvalue weighted by molar-refractivity contribution is 0.0591. The number of aromatic nitrogens is 3. The Morgan fingerprint density at radius 3 is 2.44 bits per heavy atom. The summed E-state index contributed by atoms with van der Waals surface area (Å²) in [5.74, 6) is -0.482. The predicted octanol–water partition coefficient (Wildman–Crippen LogP) is 6.17. The number of likely N-dealkylation sites (tertiary alicyclic amines) is 1. The highest BCUT2D eigenvalue weighted by molar-refractivity contribution is 5.72. The number of hydrogen-bond acceptors (Lipinski definition) is 7. The minimum Gasteiger partial charge on any atom is -0.453 e. The van der Waals surface area contributed by atoms with E-state index in [1.54, 1.807) is 11.0 Å². The van der Waals surface area contributed by atoms with E-state index in [0.717, 1.165) is 62.7 Å². The Kier molecular flexibility index (Phi) is 9.56. The third kappa shape index (κ3) is 7.12. The molecule has 4 heterocycles. The number of fused-ring (bicyclic) bond motifs is 1. The van der Waals surface area contributed by atoms with Gasteiger partial charge < -0.3 is 19.4 Å². The SMILES string of the molecule is CC(C)c1nc(Cc2ncc(F)c(-c3cc(F)c4c(c3)N(C(C)C)CC(F)O4)n2)ccc1C1CCN(CCN(C)C)CC1. The van der Waals surface area contributed by atoms with Crippen LogP contribution < -0.4 is 9.64 Å². The first-order valence-electron chi connectivity index (χ1n) is 15.3. The zero-order valence-electron chi connectivity index (χ0n) is 26.1. The molecule has 2 aromatic heterocycles. The average molecular weight is 597 g/mol. The van der Waals surface area contributed by atoms with Gasteiger partial charge in [-0.15, -0.1) is 0 Å². The molecule has 2 aliphatic heterocycles. The van der Waals surface area contributed by atoms with E-state index in [1.807, 2.05) is 19.9 Å². The first-order valence-corrected chi connectivity index (χ1v) is 15.3. The first kappa shape index (κ1) is 31.2. The fraction of sp³-hybridized carbons (Fsp3) is 0.545. The number of halogens is 3. The highest BCUT2D eigenvalue weighted by Gasteiger charge is 2.31. The van der Waals surface area contributed by atoms with Gasteiger partial charge in [-0.1, -0.05) is 19.9 Å². The topological polar surface area (TPSA) is 57.6 Å². The second-order valence-corrected chi connectivity index (χ2v) is 12.6. The molecule has 0 N–H and O–H groups in total. The van der Waals surface area contributed by atoms with Crippen molar-refractivity contribution in [1.29, 1.82) is 0 Å². The minimum absolute atomic E-state index is 0.0143. The Hall–Kier alpha value is -3.24. The maximum absolute atomic E-state index is 15.1. The van der Waals surface area contributed by atoms with Crippen molar-refractivity contribution in [3.05, 3.63) is 64.9 Å². The van der Waals surface area contributed by atoms with Crippen LogP contribution in [0, 0.1) is 11.6 Å². The van der Waals surface area contributed by atoms with Crippen LogP contribution in [0.4, 0.5) is 18.9 Å². The maximum Gasteiger partial charge on any atom is 0.256 e. The van der Waals surface area contributed by atoms with E-state index in [0.29, 0.717) is 23.9 Å². The molecule has 0 radical (unpaired) electrons. The molecule has 0 saturated carbocycles. The van der Waals surface area contributed by atoms with Gasteiger partial charge in [0.2, 0.25) is 0 Å². The molecule has 1 atom stereocenters. The molecule has 7 nitrogen and oxygen atoms in total. The molecule has 0 spiro atoms. The smallest absolute Gasteiger partial charge is 0.256 e. The highest BCUT2D eigenvalue weighted by Crippen LogP contribution is 2.41. The van der Waals surface area contributed by atoms with E-state index in [4.69, 9.17) is 9.72 Å². The van der Waals surface area contributed by atoms with E-state index in [9.17, 15) is 4.39 Å². The first-order chi connectivity index (χ1) is 20.5. The minimum atomic E-state index is -1.65. The molecule has 2 aliphatic rings. The predicted molar refractivity (Wildman–Crippen MR) is 163 cm³/mol. The summed E-state index contributed by atoms with van der Waals surface area (Å²) in [5.41, 5.74) is 3.80. The number of piperidine rings is 1. The zero-order chi connectivity index (χ0) is 30.8. The van der Waals surface area contributed by atoms with Crippen molar-refractivity contribution in [3.8, 4) is 17.0 Å². The van der Waals surface area contributed by atoms with Crippen LogP contribution in [0.25, 0.3) is 11.3 Å². The lowest BCUT2D eigenvalue weighted by Crippen LogP contribution is -2.42. The number of ether oxygens (including phenoxy) is 1. The van der Waals surface area contributed by atoms with Gasteiger partial charge in [-0.3, -0.25) is 4.98 Å². The fourth-order valence-corrected chi connectivity index (χ4v) is 6.05. The summed E-state index contributed by atoms with van der Waals surface area (Å²) in [4.78, 5) is 20.3. The van der Waals surface area contributed by atoms with Crippen molar-refractivity contribution >= 4 is 5.69 Å². The van der Waals surface area contributed by atoms with E-state index >= 15 is 8.78 Å². The van der Waals surface area contributed by atoms with Crippen LogP contribution in [0.15, 0.2) is 30.5 Å². The Morgan fingerprint density at radius 2 is 1.77 bits per heavy atom. The van der Waals surface area contributed by atoms with Crippen molar-refractivity contribution < 1.29 is 17.9 Å². The highest BCUT2D eigenvalue weighted by atomic mass is 19.1. The van der Waals surface area contributed by atoms with E-state index in [2.05, 4.69) is 53.8 Å². The number of pyridine rings is 1. The average Bonchev–Trinajstić information content (AvgIpc) is 2.97. The Bertz CT molecular complexity index is 1420. The number of rotatable bonds is 9. The molecule has 5 rings (SSSR count). The Morgan fingerprint density at radius 1 is 1.02 bits per heavy atom. The summed E-state index contributed by atoms with van der Waals surface area (Å²) >= 11 is 0. The number of alkyl halides is 1. The van der Waals surface area contributed by atoms with E-state index in [1.165, 1.54) is 5.56 Å². The molecule has 1 aromatic carbocycles. The van der Waals surface area contributed by atoms with Gasteiger partial charge in [-0.2, -0.15) is 4.39 Å². The van der Waals surface area contributed by atoms with Crippen LogP contribution in [0.1, 0.15) is 75.1 Å². The van der Waals surface area contributed by atoms with Crippen LogP contribution in [0.3, 0.4) is 0 Å². The van der Waals surface area contributed by atoms with Crippen molar-refractivity contribution in [2.75, 3.05) is 51.7 Å². The van der Waals surface area contributed by atoms with Gasteiger partial charge in [0.05, 0.1) is 24.8 Å². The van der Waals surface area contributed by atoms with Gasteiger partial charge in [0.15, 0.2) is 17.4 Å². The molecule has 43 heavy (non-hydrogen) atoms. The third-order valence-electron chi connectivity index (χ3n) is 8.40. The number of benzene rings is 1. The van der Waals surface area contributed by atoms with Crippen molar-refractivity contribution in [1.82, 2.24) is 24.8 Å². The summed E-state index contributed by atoms with van der Waals surface area (Å²) < 4.78 is 49.5. The van der Waals surface area contributed by atoms with Gasteiger partial charge in [-0.05, 0) is 89.5 Å². The van der Waals surface area contributed by atoms with Gasteiger partial charge in [-0.25, -0.2) is 18.7 Å². The molecule has 3 aromatic rings. The zero-order valence-corrected chi connectivity index (χ0v) is 26.1. The molecule has 232 valence electrons. The summed E-state index contributed by atoms with van der Waals surface area (Å²) in [6.07, 6.45) is 2.01. The maximum atomic E-state index is 15.1. The number of likely N-dealkylation sites (N-methyl/N-ethyl adjacent to an activating group) is 1. The van der Waals surface area contributed by atoms with Gasteiger partial charge in [0.1, 0.15) is 11.5 Å². The van der Waals surface area contributed by atoms with Crippen molar-refractivity contribution in [3.63, 3.8) is 0 Å². The summed E-state index contributed by atoms with van der Waals surface area (Å²) in [6.45, 7) is 12.4. The van der Waals surface area contributed by atoms with Crippen molar-refractivity contribution in [2.24, 2.45) is 0 Å². The number of hydrogen-bond donors (Lipinski definition) is 0. The largest absolute Gasteiger partial charge is 0.453 e. The van der Waals surface area contributed by atoms with E-state index in [-0.39, 0.29) is 35.5 Å². The normalized spacial score (nSPS) is 18.0. The van der Waals surface area contributed by atoms with Crippen LogP contribution in [-0.2, 0) is 6.42 Å². The Labute approximate surface area is 253 Å². The molecule has 0 bridgehead atoms. The second-order valence-electron chi connectivity index (χ2n) is 12.6. The van der Waals surface area contributed by atoms with Crippen LogP contribution in [0.2, 0.25) is 0 Å². The molecule has 1 fully saturated rings. The van der Waals surface area contributed by atoms with Gasteiger partial charge in [0, 0.05) is 36.1 Å². The molecular weight excluding hydrogens is 553 g/mol. The molecular formula is C33H43F3N6O.